The summed E-state index contributed by atoms with van der Waals surface area (Å²) in [6.45, 7) is 0.565. The number of aliphatic imine (C=N–C) groups is 1. The van der Waals surface area contributed by atoms with Crippen LogP contribution in [0.5, 0.6) is 0 Å². The molecular formula is C23H24N4O4S. The van der Waals surface area contributed by atoms with Crippen molar-refractivity contribution in [3.63, 3.8) is 0 Å². The van der Waals surface area contributed by atoms with Crippen molar-refractivity contribution in [3.8, 4) is 0 Å². The Morgan fingerprint density at radius 3 is 2.19 bits per heavy atom. The molecule has 166 valence electrons. The van der Waals surface area contributed by atoms with E-state index >= 15 is 0 Å². The number of amides is 3. The number of rotatable bonds is 7. The summed E-state index contributed by atoms with van der Waals surface area (Å²) in [5.41, 5.74) is 7.34. The van der Waals surface area contributed by atoms with E-state index < -0.39 is 35.9 Å². The monoisotopic (exact) mass is 452 g/mol. The van der Waals surface area contributed by atoms with Crippen LogP contribution in [-0.4, -0.2) is 50.9 Å². The molecule has 32 heavy (non-hydrogen) atoms. The fourth-order valence-electron chi connectivity index (χ4n) is 4.13. The molecule has 4 N–H and O–H groups in total. The second-order valence-electron chi connectivity index (χ2n) is 7.80. The number of carboxylic acids is 1. The Hall–Kier alpha value is -3.33. The van der Waals surface area contributed by atoms with Crippen molar-refractivity contribution in [2.24, 2.45) is 16.6 Å². The summed E-state index contributed by atoms with van der Waals surface area (Å²) < 4.78 is 0. The maximum absolute atomic E-state index is 13.0. The van der Waals surface area contributed by atoms with E-state index in [9.17, 15) is 19.5 Å². The third-order valence-corrected chi connectivity index (χ3v) is 6.85. The minimum Gasteiger partial charge on any atom is -0.480 e. The van der Waals surface area contributed by atoms with Crippen LogP contribution in [0.15, 0.2) is 65.7 Å². The molecule has 2 heterocycles. The smallest absolute Gasteiger partial charge is 0.327 e. The van der Waals surface area contributed by atoms with E-state index in [4.69, 9.17) is 5.73 Å². The summed E-state index contributed by atoms with van der Waals surface area (Å²) in [6, 6.07) is 16.3. The Morgan fingerprint density at radius 2 is 1.69 bits per heavy atom. The molecule has 2 aliphatic heterocycles. The SMILES string of the molecule is NC1=NCC(CC[C@H]2C(=O)N(C(=O)NC(c3ccccc3)c3ccccc3)[C@@H]2C(=O)O)S1. The summed E-state index contributed by atoms with van der Waals surface area (Å²) in [5.74, 6) is -2.38. The van der Waals surface area contributed by atoms with Crippen LogP contribution in [-0.2, 0) is 9.59 Å². The average Bonchev–Trinajstić information content (AvgIpc) is 3.21. The first-order valence-electron chi connectivity index (χ1n) is 10.4. The van der Waals surface area contributed by atoms with Crippen molar-refractivity contribution in [2.75, 3.05) is 6.54 Å². The number of urea groups is 1. The number of carboxylic acid groups (broad SMARTS) is 1. The molecule has 0 spiro atoms. The minimum absolute atomic E-state index is 0.140. The quantitative estimate of drug-likeness (QED) is 0.555. The van der Waals surface area contributed by atoms with Gasteiger partial charge in [-0.15, -0.1) is 0 Å². The molecule has 4 rings (SSSR count). The number of nitrogens with one attached hydrogen (secondary N) is 1. The van der Waals surface area contributed by atoms with Gasteiger partial charge in [-0.05, 0) is 24.0 Å². The molecule has 3 amide bonds. The van der Waals surface area contributed by atoms with Crippen molar-refractivity contribution >= 4 is 34.8 Å². The lowest BCUT2D eigenvalue weighted by Crippen LogP contribution is -2.68. The van der Waals surface area contributed by atoms with E-state index in [2.05, 4.69) is 10.3 Å². The molecule has 8 nitrogen and oxygen atoms in total. The molecule has 2 aliphatic rings. The van der Waals surface area contributed by atoms with Crippen molar-refractivity contribution < 1.29 is 19.5 Å². The molecule has 0 aromatic heterocycles. The van der Waals surface area contributed by atoms with Crippen LogP contribution in [0.4, 0.5) is 4.79 Å². The number of benzene rings is 2. The number of nitrogens with zero attached hydrogens (tertiary/aromatic N) is 2. The van der Waals surface area contributed by atoms with Gasteiger partial charge < -0.3 is 16.2 Å². The van der Waals surface area contributed by atoms with Crippen molar-refractivity contribution in [2.45, 2.75) is 30.2 Å². The summed E-state index contributed by atoms with van der Waals surface area (Å²) in [4.78, 5) is 42.7. The zero-order chi connectivity index (χ0) is 22.7. The molecule has 1 unspecified atom stereocenters. The third-order valence-electron chi connectivity index (χ3n) is 5.76. The van der Waals surface area contributed by atoms with Gasteiger partial charge in [0, 0.05) is 5.25 Å². The molecule has 1 fully saturated rings. The second-order valence-corrected chi connectivity index (χ2v) is 9.12. The van der Waals surface area contributed by atoms with Gasteiger partial charge in [-0.3, -0.25) is 9.79 Å². The van der Waals surface area contributed by atoms with E-state index in [1.807, 2.05) is 60.7 Å². The van der Waals surface area contributed by atoms with E-state index in [0.717, 1.165) is 16.0 Å². The highest BCUT2D eigenvalue weighted by molar-refractivity contribution is 8.14. The average molecular weight is 453 g/mol. The van der Waals surface area contributed by atoms with Crippen LogP contribution in [0, 0.1) is 5.92 Å². The summed E-state index contributed by atoms with van der Waals surface area (Å²) in [7, 11) is 0. The standard InChI is InChI=1S/C23H24N4O4S/c24-22-25-13-16(32-22)11-12-17-19(21(29)30)27(20(17)28)23(31)26-18(14-7-3-1-4-8-14)15-9-5-2-6-10-15/h1-10,16-19H,11-13H2,(H2,24,25)(H,26,31)(H,29,30)/t16?,17-,19+/m1/s1. The number of likely N-dealkylation sites (tertiary alicyclic amines) is 1. The Morgan fingerprint density at radius 1 is 1.09 bits per heavy atom. The van der Waals surface area contributed by atoms with Crippen LogP contribution in [0.2, 0.25) is 0 Å². The van der Waals surface area contributed by atoms with E-state index in [-0.39, 0.29) is 5.25 Å². The number of β-lactam (4-membered cyclic amide) rings is 1. The fourth-order valence-corrected chi connectivity index (χ4v) is 5.03. The maximum Gasteiger partial charge on any atom is 0.327 e. The number of hydrogen-bond acceptors (Lipinski definition) is 6. The molecule has 0 saturated carbocycles. The Kier molecular flexibility index (Phi) is 6.45. The van der Waals surface area contributed by atoms with Gasteiger partial charge in [0.25, 0.3) is 0 Å². The minimum atomic E-state index is -1.18. The van der Waals surface area contributed by atoms with Gasteiger partial charge in [0.15, 0.2) is 11.2 Å². The molecule has 9 heteroatoms. The number of carbonyl (C=O) groups excluding carboxylic acids is 2. The molecule has 0 aliphatic carbocycles. The normalized spacial score (nSPS) is 22.4. The molecular weight excluding hydrogens is 428 g/mol. The van der Waals surface area contributed by atoms with Crippen LogP contribution < -0.4 is 11.1 Å². The lowest BCUT2D eigenvalue weighted by Gasteiger charge is -2.43. The highest BCUT2D eigenvalue weighted by atomic mass is 32.2. The first kappa shape index (κ1) is 21.9. The number of hydrogen-bond donors (Lipinski definition) is 3. The molecule has 0 bridgehead atoms. The molecule has 1 saturated heterocycles. The highest BCUT2D eigenvalue weighted by Crippen LogP contribution is 2.34. The number of imide groups is 1. The zero-order valence-electron chi connectivity index (χ0n) is 17.3. The fraction of sp³-hybridized carbons (Fsp3) is 0.304. The molecule has 3 atom stereocenters. The van der Waals surface area contributed by atoms with Crippen molar-refractivity contribution in [3.05, 3.63) is 71.8 Å². The van der Waals surface area contributed by atoms with E-state index in [1.54, 1.807) is 0 Å². The largest absolute Gasteiger partial charge is 0.480 e. The van der Waals surface area contributed by atoms with Gasteiger partial charge in [0.2, 0.25) is 5.91 Å². The van der Waals surface area contributed by atoms with E-state index in [0.29, 0.717) is 24.6 Å². The Bertz CT molecular complexity index is 991. The van der Waals surface area contributed by atoms with Crippen LogP contribution in [0.3, 0.4) is 0 Å². The first-order valence-corrected chi connectivity index (χ1v) is 11.3. The summed E-state index contributed by atoms with van der Waals surface area (Å²) in [5, 5.41) is 13.2. The van der Waals surface area contributed by atoms with Crippen LogP contribution >= 0.6 is 11.8 Å². The summed E-state index contributed by atoms with van der Waals surface area (Å²) >= 11 is 1.44. The summed E-state index contributed by atoms with van der Waals surface area (Å²) in [6.07, 6.45) is 0.988. The van der Waals surface area contributed by atoms with Crippen LogP contribution in [0.25, 0.3) is 0 Å². The number of aliphatic carboxylic acids is 1. The van der Waals surface area contributed by atoms with Gasteiger partial charge in [-0.2, -0.15) is 0 Å². The Balaban J connectivity index is 1.47. The van der Waals surface area contributed by atoms with Gasteiger partial charge >= 0.3 is 12.0 Å². The number of carbonyl (C=O) groups is 3. The van der Waals surface area contributed by atoms with Gasteiger partial charge in [0.1, 0.15) is 0 Å². The molecule has 0 radical (unpaired) electrons. The predicted molar refractivity (Wildman–Crippen MR) is 122 cm³/mol. The van der Waals surface area contributed by atoms with Crippen molar-refractivity contribution in [1.29, 1.82) is 0 Å². The lowest BCUT2D eigenvalue weighted by atomic mass is 9.83. The van der Waals surface area contributed by atoms with Gasteiger partial charge in [-0.1, -0.05) is 72.4 Å². The number of thioether (sulfide) groups is 1. The predicted octanol–water partition coefficient (Wildman–Crippen LogP) is 2.61. The lowest BCUT2D eigenvalue weighted by molar-refractivity contribution is -0.166. The topological polar surface area (TPSA) is 125 Å². The zero-order valence-corrected chi connectivity index (χ0v) is 18.1. The van der Waals surface area contributed by atoms with Crippen molar-refractivity contribution in [1.82, 2.24) is 10.2 Å². The Labute approximate surface area is 189 Å². The van der Waals surface area contributed by atoms with Gasteiger partial charge in [-0.25, -0.2) is 14.5 Å². The third kappa shape index (κ3) is 4.47. The van der Waals surface area contributed by atoms with Gasteiger partial charge in [0.05, 0.1) is 18.5 Å². The molecule has 2 aromatic rings. The van der Waals surface area contributed by atoms with Crippen LogP contribution in [0.1, 0.15) is 30.0 Å². The highest BCUT2D eigenvalue weighted by Gasteiger charge is 2.54. The first-order chi connectivity index (χ1) is 15.5. The maximum atomic E-state index is 13.0. The number of amidine groups is 1. The second kappa shape index (κ2) is 9.44. The number of nitrogens with two attached hydrogens (primary N) is 1. The van der Waals surface area contributed by atoms with E-state index in [1.165, 1.54) is 11.8 Å². The molecule has 2 aromatic carbocycles.